The Labute approximate surface area is 163 Å². The third-order valence-electron chi connectivity index (χ3n) is 4.67. The highest BCUT2D eigenvalue weighted by Crippen LogP contribution is 2.25. The Balaban J connectivity index is 1.21. The first-order chi connectivity index (χ1) is 13.8. The predicted molar refractivity (Wildman–Crippen MR) is 103 cm³/mol. The van der Waals surface area contributed by atoms with Crippen molar-refractivity contribution < 1.29 is 9.53 Å². The van der Waals surface area contributed by atoms with Crippen molar-refractivity contribution in [3.05, 3.63) is 65.9 Å². The normalized spacial score (nSPS) is 12.4. The van der Waals surface area contributed by atoms with E-state index in [4.69, 9.17) is 4.74 Å². The Bertz CT molecular complexity index is 942. The van der Waals surface area contributed by atoms with E-state index >= 15 is 0 Å². The molecule has 2 aromatic heterocycles. The van der Waals surface area contributed by atoms with E-state index in [1.165, 1.54) is 23.9 Å². The highest BCUT2D eigenvalue weighted by Gasteiger charge is 2.11. The first-order valence-corrected chi connectivity index (χ1v) is 9.35. The number of hydrogen-bond acceptors (Lipinski definition) is 5. The van der Waals surface area contributed by atoms with E-state index in [1.807, 2.05) is 18.2 Å². The van der Waals surface area contributed by atoms with Crippen molar-refractivity contribution in [2.24, 2.45) is 0 Å². The van der Waals surface area contributed by atoms with Crippen LogP contribution in [0, 0.1) is 0 Å². The van der Waals surface area contributed by atoms with Crippen molar-refractivity contribution in [1.82, 2.24) is 30.4 Å². The largest absolute Gasteiger partial charge is 0.492 e. The second-order valence-corrected chi connectivity index (χ2v) is 6.57. The summed E-state index contributed by atoms with van der Waals surface area (Å²) in [6.45, 7) is 1.18. The van der Waals surface area contributed by atoms with Crippen LogP contribution in [0.4, 0.5) is 4.79 Å². The van der Waals surface area contributed by atoms with Crippen LogP contribution in [0.15, 0.2) is 49.2 Å². The van der Waals surface area contributed by atoms with Crippen LogP contribution >= 0.6 is 0 Å². The summed E-state index contributed by atoms with van der Waals surface area (Å²) >= 11 is 0. The molecule has 0 aliphatic heterocycles. The molecule has 1 aliphatic rings. The number of hydrogen-bond donors (Lipinski definition) is 2. The molecule has 0 atom stereocenters. The molecule has 3 aromatic rings. The van der Waals surface area contributed by atoms with Gasteiger partial charge in [0.25, 0.3) is 0 Å². The Morgan fingerprint density at radius 1 is 1.18 bits per heavy atom. The van der Waals surface area contributed by atoms with Gasteiger partial charge >= 0.3 is 6.03 Å². The fraction of sp³-hybridized carbons (Fsp3) is 0.300. The zero-order valence-corrected chi connectivity index (χ0v) is 15.5. The number of rotatable bonds is 7. The molecule has 0 radical (unpaired) electrons. The molecule has 8 nitrogen and oxygen atoms in total. The van der Waals surface area contributed by atoms with Gasteiger partial charge in [0.2, 0.25) is 0 Å². The van der Waals surface area contributed by atoms with Gasteiger partial charge in [0.15, 0.2) is 5.82 Å². The SMILES string of the molecule is O=C(NCCOc1ccc2c(c1)CCC2)NCc1cccnc1-n1cncn1. The number of nitrogens with zero attached hydrogens (tertiary/aromatic N) is 4. The Morgan fingerprint density at radius 2 is 2.11 bits per heavy atom. The molecule has 8 heteroatoms. The minimum Gasteiger partial charge on any atom is -0.492 e. The second-order valence-electron chi connectivity index (χ2n) is 6.57. The van der Waals surface area contributed by atoms with Crippen molar-refractivity contribution in [2.75, 3.05) is 13.2 Å². The van der Waals surface area contributed by atoms with Crippen LogP contribution in [-0.2, 0) is 19.4 Å². The lowest BCUT2D eigenvalue weighted by molar-refractivity contribution is 0.236. The van der Waals surface area contributed by atoms with Gasteiger partial charge < -0.3 is 15.4 Å². The number of pyridine rings is 1. The molecule has 0 spiro atoms. The van der Waals surface area contributed by atoms with Gasteiger partial charge in [-0.2, -0.15) is 5.10 Å². The quantitative estimate of drug-likeness (QED) is 0.614. The van der Waals surface area contributed by atoms with E-state index in [9.17, 15) is 4.79 Å². The van der Waals surface area contributed by atoms with Crippen LogP contribution in [-0.4, -0.2) is 38.9 Å². The van der Waals surface area contributed by atoms with Gasteiger partial charge in [-0.25, -0.2) is 19.4 Å². The topological polar surface area (TPSA) is 94.0 Å². The summed E-state index contributed by atoms with van der Waals surface area (Å²) in [4.78, 5) is 20.3. The number of fused-ring (bicyclic) bond motifs is 1. The van der Waals surface area contributed by atoms with Crippen molar-refractivity contribution in [3.8, 4) is 11.6 Å². The van der Waals surface area contributed by atoms with Gasteiger partial charge in [0.05, 0.1) is 6.54 Å². The predicted octanol–water partition coefficient (Wildman–Crippen LogP) is 2.03. The molecule has 0 unspecified atom stereocenters. The maximum absolute atomic E-state index is 12.0. The monoisotopic (exact) mass is 378 g/mol. The molecule has 0 fully saturated rings. The lowest BCUT2D eigenvalue weighted by atomic mass is 10.1. The van der Waals surface area contributed by atoms with Gasteiger partial charge in [0.1, 0.15) is 25.0 Å². The number of amides is 2. The zero-order chi connectivity index (χ0) is 19.2. The first-order valence-electron chi connectivity index (χ1n) is 9.35. The Hall–Kier alpha value is -3.42. The molecule has 0 saturated carbocycles. The lowest BCUT2D eigenvalue weighted by Gasteiger charge is -2.11. The molecule has 144 valence electrons. The number of nitrogens with one attached hydrogen (secondary N) is 2. The van der Waals surface area contributed by atoms with Crippen molar-refractivity contribution in [3.63, 3.8) is 0 Å². The molecule has 0 bridgehead atoms. The minimum absolute atomic E-state index is 0.258. The third kappa shape index (κ3) is 4.28. The zero-order valence-electron chi connectivity index (χ0n) is 15.5. The highest BCUT2D eigenvalue weighted by molar-refractivity contribution is 5.73. The summed E-state index contributed by atoms with van der Waals surface area (Å²) in [5, 5.41) is 9.71. The Kier molecular flexibility index (Phi) is 5.46. The van der Waals surface area contributed by atoms with Crippen LogP contribution < -0.4 is 15.4 Å². The van der Waals surface area contributed by atoms with Crippen LogP contribution in [0.2, 0.25) is 0 Å². The molecular weight excluding hydrogens is 356 g/mol. The average molecular weight is 378 g/mol. The molecule has 2 N–H and O–H groups in total. The number of aryl methyl sites for hydroxylation is 2. The smallest absolute Gasteiger partial charge is 0.315 e. The second kappa shape index (κ2) is 8.51. The van der Waals surface area contributed by atoms with Crippen LogP contribution in [0.5, 0.6) is 5.75 Å². The molecule has 4 rings (SSSR count). The van der Waals surface area contributed by atoms with Gasteiger partial charge in [0, 0.05) is 18.3 Å². The van der Waals surface area contributed by atoms with E-state index in [0.717, 1.165) is 24.2 Å². The molecule has 1 aromatic carbocycles. The molecule has 2 heterocycles. The van der Waals surface area contributed by atoms with Crippen molar-refractivity contribution in [1.29, 1.82) is 0 Å². The number of ether oxygens (including phenoxy) is 1. The van der Waals surface area contributed by atoms with Gasteiger partial charge in [-0.05, 0) is 48.6 Å². The van der Waals surface area contributed by atoms with Crippen LogP contribution in [0.3, 0.4) is 0 Å². The van der Waals surface area contributed by atoms with E-state index in [-0.39, 0.29) is 6.03 Å². The third-order valence-corrected chi connectivity index (χ3v) is 4.67. The fourth-order valence-electron chi connectivity index (χ4n) is 3.30. The highest BCUT2D eigenvalue weighted by atomic mass is 16.5. The fourth-order valence-corrected chi connectivity index (χ4v) is 3.30. The summed E-state index contributed by atoms with van der Waals surface area (Å²) in [6.07, 6.45) is 8.19. The van der Waals surface area contributed by atoms with E-state index in [1.54, 1.807) is 17.2 Å². The number of urea groups is 1. The molecule has 1 aliphatic carbocycles. The van der Waals surface area contributed by atoms with Crippen molar-refractivity contribution in [2.45, 2.75) is 25.8 Å². The first kappa shape index (κ1) is 18.0. The van der Waals surface area contributed by atoms with E-state index < -0.39 is 0 Å². The summed E-state index contributed by atoms with van der Waals surface area (Å²) in [5.41, 5.74) is 3.64. The molecular formula is C20H22N6O2. The van der Waals surface area contributed by atoms with Crippen molar-refractivity contribution >= 4 is 6.03 Å². The Morgan fingerprint density at radius 3 is 3.00 bits per heavy atom. The maximum atomic E-state index is 12.0. The maximum Gasteiger partial charge on any atom is 0.315 e. The average Bonchev–Trinajstić information content (AvgIpc) is 3.41. The van der Waals surface area contributed by atoms with Gasteiger partial charge in [-0.15, -0.1) is 0 Å². The summed E-state index contributed by atoms with van der Waals surface area (Å²) < 4.78 is 7.31. The van der Waals surface area contributed by atoms with E-state index in [2.05, 4.69) is 37.8 Å². The summed E-state index contributed by atoms with van der Waals surface area (Å²) in [5.74, 6) is 1.50. The molecule has 0 saturated heterocycles. The van der Waals surface area contributed by atoms with Crippen LogP contribution in [0.1, 0.15) is 23.1 Å². The molecule has 28 heavy (non-hydrogen) atoms. The number of benzene rings is 1. The standard InChI is InChI=1S/C20H22N6O2/c27-20(23-9-10-28-18-7-6-15-3-1-4-16(15)11-18)24-12-17-5-2-8-22-19(17)26-14-21-13-25-26/h2,5-8,11,13-14H,1,3-4,9-10,12H2,(H2,23,24,27). The van der Waals surface area contributed by atoms with Crippen LogP contribution in [0.25, 0.3) is 5.82 Å². The summed E-state index contributed by atoms with van der Waals surface area (Å²) in [7, 11) is 0. The van der Waals surface area contributed by atoms with Gasteiger partial charge in [-0.3, -0.25) is 0 Å². The number of carbonyl (C=O) groups is 1. The summed E-state index contributed by atoms with van der Waals surface area (Å²) in [6, 6.07) is 9.69. The lowest BCUT2D eigenvalue weighted by Crippen LogP contribution is -2.37. The number of aromatic nitrogens is 4. The van der Waals surface area contributed by atoms with E-state index in [0.29, 0.717) is 25.5 Å². The minimum atomic E-state index is -0.258. The van der Waals surface area contributed by atoms with Gasteiger partial charge in [-0.1, -0.05) is 12.1 Å². The number of carbonyl (C=O) groups excluding carboxylic acids is 1. The molecule has 2 amide bonds.